The van der Waals surface area contributed by atoms with Crippen LogP contribution < -0.4 is 9.47 Å². The molecule has 1 unspecified atom stereocenters. The van der Waals surface area contributed by atoms with Gasteiger partial charge in [-0.05, 0) is 31.5 Å². The summed E-state index contributed by atoms with van der Waals surface area (Å²) in [6, 6.07) is 7.22. The Hall–Kier alpha value is -2.39. The van der Waals surface area contributed by atoms with Crippen LogP contribution in [0.1, 0.15) is 31.9 Å². The van der Waals surface area contributed by atoms with E-state index in [2.05, 4.69) is 11.1 Å². The van der Waals surface area contributed by atoms with Gasteiger partial charge in [0.05, 0.1) is 21.6 Å². The fraction of sp³-hybridized carbons (Fsp3) is 0.267. The van der Waals surface area contributed by atoms with Crippen LogP contribution in [0.3, 0.4) is 0 Å². The predicted octanol–water partition coefficient (Wildman–Crippen LogP) is 2.98. The van der Waals surface area contributed by atoms with Crippen molar-refractivity contribution in [3.8, 4) is 17.6 Å². The van der Waals surface area contributed by atoms with Crippen LogP contribution in [-0.2, 0) is 0 Å². The number of benzene rings is 1. The molecule has 1 aromatic carbocycles. The predicted molar refractivity (Wildman–Crippen MR) is 76.8 cm³/mol. The molecule has 6 heteroatoms. The number of carbonyl (C=O) groups is 1. The zero-order chi connectivity index (χ0) is 15.0. The summed E-state index contributed by atoms with van der Waals surface area (Å²) >= 11 is 1.32. The first-order valence-electron chi connectivity index (χ1n) is 6.37. The molecule has 0 radical (unpaired) electrons. The van der Waals surface area contributed by atoms with E-state index in [0.29, 0.717) is 27.6 Å². The van der Waals surface area contributed by atoms with E-state index in [-0.39, 0.29) is 12.6 Å². The molecule has 1 aliphatic rings. The van der Waals surface area contributed by atoms with Crippen molar-refractivity contribution in [2.75, 3.05) is 6.79 Å². The van der Waals surface area contributed by atoms with E-state index in [4.69, 9.17) is 9.47 Å². The highest BCUT2D eigenvalue weighted by Crippen LogP contribution is 2.36. The van der Waals surface area contributed by atoms with E-state index in [1.807, 2.05) is 6.92 Å². The molecule has 0 spiro atoms. The average Bonchev–Trinajstić information content (AvgIpc) is 3.05. The fourth-order valence-electron chi connectivity index (χ4n) is 2.27. The van der Waals surface area contributed by atoms with Gasteiger partial charge in [0.25, 0.3) is 0 Å². The molecule has 106 valence electrons. The van der Waals surface area contributed by atoms with Gasteiger partial charge in [-0.3, -0.25) is 4.79 Å². The Morgan fingerprint density at radius 1 is 1.38 bits per heavy atom. The smallest absolute Gasteiger partial charge is 0.231 e. The third kappa shape index (κ3) is 2.36. The van der Waals surface area contributed by atoms with Crippen molar-refractivity contribution in [1.29, 1.82) is 5.26 Å². The summed E-state index contributed by atoms with van der Waals surface area (Å²) in [5.41, 5.74) is 1.28. The maximum Gasteiger partial charge on any atom is 0.231 e. The van der Waals surface area contributed by atoms with Crippen LogP contribution >= 0.6 is 11.3 Å². The van der Waals surface area contributed by atoms with Gasteiger partial charge in [0, 0.05) is 0 Å². The molecule has 1 aromatic heterocycles. The second kappa shape index (κ2) is 5.19. The van der Waals surface area contributed by atoms with E-state index >= 15 is 0 Å². The number of aryl methyl sites for hydroxylation is 2. The molecule has 2 aromatic rings. The standard InChI is InChI=1S/C15H12N2O3S/c1-8-15(21-9(2)17-8)14(18)11(6-16)10-3-4-12-13(5-10)20-7-19-12/h3-5,11H,7H2,1-2H3. The van der Waals surface area contributed by atoms with E-state index in [0.717, 1.165) is 5.01 Å². The van der Waals surface area contributed by atoms with Crippen molar-refractivity contribution in [1.82, 2.24) is 4.98 Å². The lowest BCUT2D eigenvalue weighted by Gasteiger charge is -2.08. The highest BCUT2D eigenvalue weighted by Gasteiger charge is 2.27. The zero-order valence-electron chi connectivity index (χ0n) is 11.5. The first-order chi connectivity index (χ1) is 10.1. The van der Waals surface area contributed by atoms with Gasteiger partial charge in [-0.2, -0.15) is 5.26 Å². The van der Waals surface area contributed by atoms with Crippen molar-refractivity contribution in [3.63, 3.8) is 0 Å². The van der Waals surface area contributed by atoms with Crippen molar-refractivity contribution < 1.29 is 14.3 Å². The topological polar surface area (TPSA) is 72.2 Å². The van der Waals surface area contributed by atoms with Crippen LogP contribution in [0.25, 0.3) is 0 Å². The van der Waals surface area contributed by atoms with Gasteiger partial charge in [-0.15, -0.1) is 11.3 Å². The minimum atomic E-state index is -0.863. The van der Waals surface area contributed by atoms with Crippen LogP contribution in [0.4, 0.5) is 0 Å². The number of Topliss-reactive ketones (excluding diaryl/α,β-unsaturated/α-hetero) is 1. The Bertz CT molecular complexity index is 761. The summed E-state index contributed by atoms with van der Waals surface area (Å²) in [5, 5.41) is 10.2. The second-order valence-electron chi connectivity index (χ2n) is 4.69. The molecule has 21 heavy (non-hydrogen) atoms. The highest BCUT2D eigenvalue weighted by atomic mass is 32.1. The number of nitrogens with zero attached hydrogens (tertiary/aromatic N) is 2. The van der Waals surface area contributed by atoms with Crippen LogP contribution in [0, 0.1) is 25.2 Å². The maximum absolute atomic E-state index is 12.6. The van der Waals surface area contributed by atoms with Gasteiger partial charge < -0.3 is 9.47 Å². The molecular formula is C15H12N2O3S. The molecule has 1 atom stereocenters. The molecule has 0 bridgehead atoms. The number of hydrogen-bond donors (Lipinski definition) is 0. The van der Waals surface area contributed by atoms with Gasteiger partial charge in [-0.1, -0.05) is 6.07 Å². The van der Waals surface area contributed by atoms with Crippen molar-refractivity contribution in [2.45, 2.75) is 19.8 Å². The summed E-state index contributed by atoms with van der Waals surface area (Å²) in [6.45, 7) is 3.79. The molecule has 0 saturated heterocycles. The van der Waals surface area contributed by atoms with E-state index in [9.17, 15) is 10.1 Å². The number of hydrogen-bond acceptors (Lipinski definition) is 6. The summed E-state index contributed by atoms with van der Waals surface area (Å²) in [7, 11) is 0. The number of carbonyl (C=O) groups excluding carboxylic acids is 1. The van der Waals surface area contributed by atoms with Crippen molar-refractivity contribution >= 4 is 17.1 Å². The van der Waals surface area contributed by atoms with Gasteiger partial charge in [0.15, 0.2) is 17.3 Å². The van der Waals surface area contributed by atoms with Crippen LogP contribution in [0.15, 0.2) is 18.2 Å². The van der Waals surface area contributed by atoms with Gasteiger partial charge in [0.1, 0.15) is 5.92 Å². The third-order valence-electron chi connectivity index (χ3n) is 3.25. The van der Waals surface area contributed by atoms with Gasteiger partial charge in [0.2, 0.25) is 6.79 Å². The fourth-order valence-corrected chi connectivity index (χ4v) is 3.16. The normalized spacial score (nSPS) is 13.8. The zero-order valence-corrected chi connectivity index (χ0v) is 12.4. The summed E-state index contributed by atoms with van der Waals surface area (Å²) in [6.07, 6.45) is 0. The number of fused-ring (bicyclic) bond motifs is 1. The molecule has 5 nitrogen and oxygen atoms in total. The van der Waals surface area contributed by atoms with E-state index in [1.54, 1.807) is 25.1 Å². The minimum Gasteiger partial charge on any atom is -0.454 e. The Morgan fingerprint density at radius 3 is 2.81 bits per heavy atom. The summed E-state index contributed by atoms with van der Waals surface area (Å²) < 4.78 is 10.5. The Balaban J connectivity index is 1.97. The maximum atomic E-state index is 12.6. The first kappa shape index (κ1) is 13.6. The van der Waals surface area contributed by atoms with Crippen LogP contribution in [-0.4, -0.2) is 17.6 Å². The highest BCUT2D eigenvalue weighted by molar-refractivity contribution is 7.13. The molecule has 0 saturated carbocycles. The lowest BCUT2D eigenvalue weighted by molar-refractivity contribution is 0.0982. The molecule has 3 rings (SSSR count). The number of ketones is 1. The summed E-state index contributed by atoms with van der Waals surface area (Å²) in [4.78, 5) is 17.4. The second-order valence-corrected chi connectivity index (χ2v) is 5.89. The SMILES string of the molecule is Cc1nc(C)c(C(=O)C(C#N)c2ccc3c(c2)OCO3)s1. The molecule has 1 aliphatic heterocycles. The third-order valence-corrected chi connectivity index (χ3v) is 4.34. The Kier molecular flexibility index (Phi) is 3.35. The number of rotatable bonds is 3. The minimum absolute atomic E-state index is 0.164. The first-order valence-corrected chi connectivity index (χ1v) is 7.19. The quantitative estimate of drug-likeness (QED) is 0.815. The number of nitriles is 1. The molecule has 0 aliphatic carbocycles. The molecule has 0 fully saturated rings. The van der Waals surface area contributed by atoms with Crippen LogP contribution in [0.5, 0.6) is 11.5 Å². The van der Waals surface area contributed by atoms with Gasteiger partial charge in [-0.25, -0.2) is 4.98 Å². The van der Waals surface area contributed by atoms with Crippen molar-refractivity contribution in [3.05, 3.63) is 39.3 Å². The average molecular weight is 300 g/mol. The lowest BCUT2D eigenvalue weighted by atomic mass is 9.94. The van der Waals surface area contributed by atoms with E-state index in [1.165, 1.54) is 11.3 Å². The largest absolute Gasteiger partial charge is 0.454 e. The Labute approximate surface area is 125 Å². The van der Waals surface area contributed by atoms with Crippen molar-refractivity contribution in [2.24, 2.45) is 0 Å². The van der Waals surface area contributed by atoms with E-state index < -0.39 is 5.92 Å². The Morgan fingerprint density at radius 2 is 2.14 bits per heavy atom. The lowest BCUT2D eigenvalue weighted by Crippen LogP contribution is -2.11. The van der Waals surface area contributed by atoms with Crippen LogP contribution in [0.2, 0.25) is 0 Å². The number of thiazole rings is 1. The summed E-state index contributed by atoms with van der Waals surface area (Å²) in [5.74, 6) is 0.114. The molecular weight excluding hydrogens is 288 g/mol. The number of aromatic nitrogens is 1. The number of ether oxygens (including phenoxy) is 2. The molecule has 0 N–H and O–H groups in total. The van der Waals surface area contributed by atoms with Gasteiger partial charge >= 0.3 is 0 Å². The monoisotopic (exact) mass is 300 g/mol. The molecule has 2 heterocycles. The molecule has 0 amide bonds.